The lowest BCUT2D eigenvalue weighted by atomic mass is 10.1. The molecular formula is C6H8O2. The van der Waals surface area contributed by atoms with Gasteiger partial charge in [0.25, 0.3) is 0 Å². The molecule has 0 aromatic rings. The van der Waals surface area contributed by atoms with Crippen LogP contribution in [0.5, 0.6) is 0 Å². The third-order valence-electron chi connectivity index (χ3n) is 1.27. The molecular weight excluding hydrogens is 104 g/mol. The fraction of sp³-hybridized carbons (Fsp3) is 0.500. The molecule has 8 heavy (non-hydrogen) atoms. The van der Waals surface area contributed by atoms with E-state index < -0.39 is 0 Å². The smallest absolute Gasteiger partial charge is 0.311 e. The van der Waals surface area contributed by atoms with Gasteiger partial charge >= 0.3 is 5.97 Å². The minimum atomic E-state index is -0.150. The van der Waals surface area contributed by atoms with Crippen molar-refractivity contribution in [3.63, 3.8) is 0 Å². The fourth-order valence-electron chi connectivity index (χ4n) is 0.652. The van der Waals surface area contributed by atoms with Crippen LogP contribution in [0, 0.1) is 5.92 Å². The Labute approximate surface area is 48.1 Å². The van der Waals surface area contributed by atoms with Crippen molar-refractivity contribution in [3.05, 3.63) is 12.3 Å². The second kappa shape index (κ2) is 1.62. The van der Waals surface area contributed by atoms with E-state index in [0.717, 1.165) is 0 Å². The van der Waals surface area contributed by atoms with E-state index in [2.05, 4.69) is 11.3 Å². The highest BCUT2D eigenvalue weighted by Crippen LogP contribution is 2.22. The van der Waals surface area contributed by atoms with E-state index in [1.165, 1.54) is 0 Å². The van der Waals surface area contributed by atoms with Crippen molar-refractivity contribution in [1.29, 1.82) is 0 Å². The summed E-state index contributed by atoms with van der Waals surface area (Å²) in [5.41, 5.74) is 0. The molecule has 1 saturated heterocycles. The molecule has 1 atom stereocenters. The summed E-state index contributed by atoms with van der Waals surface area (Å²) in [5.74, 6) is 0.681. The van der Waals surface area contributed by atoms with Gasteiger partial charge < -0.3 is 4.74 Å². The number of carbonyl (C=O) groups is 1. The van der Waals surface area contributed by atoms with Gasteiger partial charge in [0.05, 0.1) is 6.42 Å². The van der Waals surface area contributed by atoms with Crippen LogP contribution in [0.4, 0.5) is 0 Å². The Morgan fingerprint density at radius 2 is 2.50 bits per heavy atom. The second-order valence-electron chi connectivity index (χ2n) is 2.05. The lowest BCUT2D eigenvalue weighted by Gasteiger charge is -1.94. The number of esters is 1. The molecule has 0 aromatic heterocycles. The zero-order chi connectivity index (χ0) is 6.15. The summed E-state index contributed by atoms with van der Waals surface area (Å²) in [5, 5.41) is 0. The lowest BCUT2D eigenvalue weighted by Crippen LogP contribution is -1.88. The summed E-state index contributed by atoms with van der Waals surface area (Å²) >= 11 is 0. The van der Waals surface area contributed by atoms with E-state index in [1.54, 1.807) is 0 Å². The number of allylic oxidation sites excluding steroid dienone is 1. The largest absolute Gasteiger partial charge is 0.431 e. The normalized spacial score (nSPS) is 28.4. The highest BCUT2D eigenvalue weighted by atomic mass is 16.5. The van der Waals surface area contributed by atoms with Crippen LogP contribution in [0.1, 0.15) is 13.3 Å². The van der Waals surface area contributed by atoms with E-state index in [9.17, 15) is 4.79 Å². The first-order valence-corrected chi connectivity index (χ1v) is 2.59. The molecule has 0 bridgehead atoms. The highest BCUT2D eigenvalue weighted by Gasteiger charge is 2.23. The minimum absolute atomic E-state index is 0.150. The number of hydrogen-bond donors (Lipinski definition) is 0. The maximum Gasteiger partial charge on any atom is 0.311 e. The van der Waals surface area contributed by atoms with Crippen molar-refractivity contribution in [2.45, 2.75) is 13.3 Å². The third kappa shape index (κ3) is 0.735. The topological polar surface area (TPSA) is 26.3 Å². The number of cyclic esters (lactones) is 1. The van der Waals surface area contributed by atoms with Gasteiger partial charge in [0.2, 0.25) is 0 Å². The van der Waals surface area contributed by atoms with E-state index in [-0.39, 0.29) is 11.9 Å². The number of hydrogen-bond acceptors (Lipinski definition) is 2. The van der Waals surface area contributed by atoms with Gasteiger partial charge in [0.1, 0.15) is 5.76 Å². The molecule has 0 aliphatic carbocycles. The van der Waals surface area contributed by atoms with Gasteiger partial charge in [-0.15, -0.1) is 0 Å². The molecule has 0 radical (unpaired) electrons. The Kier molecular flexibility index (Phi) is 1.08. The average molecular weight is 112 g/mol. The molecule has 0 spiro atoms. The van der Waals surface area contributed by atoms with Crippen LogP contribution >= 0.6 is 0 Å². The molecule has 1 fully saturated rings. The Bertz CT molecular complexity index is 137. The van der Waals surface area contributed by atoms with Crippen LogP contribution in [0.2, 0.25) is 0 Å². The zero-order valence-electron chi connectivity index (χ0n) is 4.81. The van der Waals surface area contributed by atoms with Gasteiger partial charge in [-0.1, -0.05) is 13.5 Å². The molecule has 2 nitrogen and oxygen atoms in total. The summed E-state index contributed by atoms with van der Waals surface area (Å²) in [4.78, 5) is 10.4. The Balaban J connectivity index is 2.64. The van der Waals surface area contributed by atoms with Crippen molar-refractivity contribution in [1.82, 2.24) is 0 Å². The molecule has 0 amide bonds. The van der Waals surface area contributed by atoms with Crippen LogP contribution in [0.25, 0.3) is 0 Å². The molecule has 1 aliphatic rings. The fourth-order valence-corrected chi connectivity index (χ4v) is 0.652. The summed E-state index contributed by atoms with van der Waals surface area (Å²) < 4.78 is 4.64. The summed E-state index contributed by atoms with van der Waals surface area (Å²) in [6.45, 7) is 5.47. The van der Waals surface area contributed by atoms with Crippen molar-refractivity contribution in [2.75, 3.05) is 0 Å². The predicted octanol–water partition coefficient (Wildman–Crippen LogP) is 1.08. The monoisotopic (exact) mass is 112 g/mol. The molecule has 1 rings (SSSR count). The van der Waals surface area contributed by atoms with Gasteiger partial charge in [-0.2, -0.15) is 0 Å². The lowest BCUT2D eigenvalue weighted by molar-refractivity contribution is -0.135. The Hall–Kier alpha value is -0.790. The van der Waals surface area contributed by atoms with Gasteiger partial charge in [0.15, 0.2) is 0 Å². The number of rotatable bonds is 0. The van der Waals surface area contributed by atoms with Gasteiger partial charge in [0, 0.05) is 5.92 Å². The third-order valence-corrected chi connectivity index (χ3v) is 1.27. The maximum atomic E-state index is 10.4. The van der Waals surface area contributed by atoms with Gasteiger partial charge in [-0.25, -0.2) is 0 Å². The second-order valence-corrected chi connectivity index (χ2v) is 2.05. The molecule has 2 heteroatoms. The first-order valence-electron chi connectivity index (χ1n) is 2.59. The SMILES string of the molecule is C=C1OC(=O)CC1C. The quantitative estimate of drug-likeness (QED) is 0.438. The molecule has 1 unspecified atom stereocenters. The zero-order valence-corrected chi connectivity index (χ0v) is 4.81. The summed E-state index contributed by atoms with van der Waals surface area (Å²) in [6.07, 6.45) is 0.499. The highest BCUT2D eigenvalue weighted by molar-refractivity contribution is 5.73. The predicted molar refractivity (Wildman–Crippen MR) is 29.0 cm³/mol. The van der Waals surface area contributed by atoms with Crippen molar-refractivity contribution in [2.24, 2.45) is 5.92 Å². The van der Waals surface area contributed by atoms with E-state index in [0.29, 0.717) is 12.2 Å². The maximum absolute atomic E-state index is 10.4. The Morgan fingerprint density at radius 1 is 1.88 bits per heavy atom. The molecule has 0 N–H and O–H groups in total. The first-order chi connectivity index (χ1) is 3.70. The molecule has 0 saturated carbocycles. The summed E-state index contributed by atoms with van der Waals surface area (Å²) in [7, 11) is 0. The van der Waals surface area contributed by atoms with Crippen LogP contribution < -0.4 is 0 Å². The van der Waals surface area contributed by atoms with Crippen LogP contribution in [0.3, 0.4) is 0 Å². The van der Waals surface area contributed by atoms with E-state index >= 15 is 0 Å². The standard InChI is InChI=1S/C6H8O2/c1-4-3-6(7)8-5(4)2/h4H,2-3H2,1H3. The van der Waals surface area contributed by atoms with Crippen LogP contribution in [0.15, 0.2) is 12.3 Å². The van der Waals surface area contributed by atoms with Crippen LogP contribution in [-0.4, -0.2) is 5.97 Å². The molecule has 1 aliphatic heterocycles. The average Bonchev–Trinajstić information content (AvgIpc) is 1.85. The minimum Gasteiger partial charge on any atom is -0.431 e. The Morgan fingerprint density at radius 3 is 2.62 bits per heavy atom. The van der Waals surface area contributed by atoms with Crippen molar-refractivity contribution in [3.8, 4) is 0 Å². The first kappa shape index (κ1) is 5.35. The van der Waals surface area contributed by atoms with Gasteiger partial charge in [-0.3, -0.25) is 4.79 Å². The number of carbonyl (C=O) groups excluding carboxylic acids is 1. The van der Waals surface area contributed by atoms with Crippen molar-refractivity contribution < 1.29 is 9.53 Å². The molecule has 0 aromatic carbocycles. The van der Waals surface area contributed by atoms with Gasteiger partial charge in [-0.05, 0) is 0 Å². The van der Waals surface area contributed by atoms with Crippen molar-refractivity contribution >= 4 is 5.97 Å². The summed E-state index contributed by atoms with van der Waals surface area (Å²) in [6, 6.07) is 0. The molecule has 1 heterocycles. The van der Waals surface area contributed by atoms with E-state index in [4.69, 9.17) is 0 Å². The van der Waals surface area contributed by atoms with E-state index in [1.807, 2.05) is 6.92 Å². The number of ether oxygens (including phenoxy) is 1. The molecule has 44 valence electrons. The van der Waals surface area contributed by atoms with Crippen LogP contribution in [-0.2, 0) is 9.53 Å².